The first-order valence-electron chi connectivity index (χ1n) is 12.5. The number of nitrogens with zero attached hydrogens (tertiary/aromatic N) is 2. The van der Waals surface area contributed by atoms with Gasteiger partial charge in [0.2, 0.25) is 5.91 Å². The van der Waals surface area contributed by atoms with E-state index < -0.39 is 5.91 Å². The van der Waals surface area contributed by atoms with Gasteiger partial charge in [0, 0.05) is 43.6 Å². The molecule has 4 rings (SSSR count). The van der Waals surface area contributed by atoms with Crippen molar-refractivity contribution in [2.24, 2.45) is 17.6 Å². The summed E-state index contributed by atoms with van der Waals surface area (Å²) in [6.45, 7) is 6.72. The summed E-state index contributed by atoms with van der Waals surface area (Å²) in [6.07, 6.45) is 8.59. The molecule has 0 radical (unpaired) electrons. The third kappa shape index (κ3) is 5.21. The highest BCUT2D eigenvalue weighted by Gasteiger charge is 2.39. The minimum Gasteiger partial charge on any atom is -0.370 e. The summed E-state index contributed by atoms with van der Waals surface area (Å²) in [5.74, 6) is 0.808. The Bertz CT molecular complexity index is 922. The van der Waals surface area contributed by atoms with Gasteiger partial charge < -0.3 is 15.5 Å². The number of piperidine rings is 1. The quantitative estimate of drug-likeness (QED) is 0.637. The molecule has 6 heteroatoms. The first-order valence-corrected chi connectivity index (χ1v) is 12.5. The molecule has 2 aliphatic heterocycles. The van der Waals surface area contributed by atoms with Gasteiger partial charge in [0.15, 0.2) is 5.78 Å². The maximum absolute atomic E-state index is 13.4. The zero-order valence-corrected chi connectivity index (χ0v) is 20.0. The average Bonchev–Trinajstić information content (AvgIpc) is 3.09. The summed E-state index contributed by atoms with van der Waals surface area (Å²) >= 11 is 0. The molecule has 0 aromatic heterocycles. The van der Waals surface area contributed by atoms with E-state index in [0.29, 0.717) is 11.6 Å². The first kappa shape index (κ1) is 23.7. The van der Waals surface area contributed by atoms with Crippen molar-refractivity contribution in [1.29, 1.82) is 0 Å². The Morgan fingerprint density at radius 1 is 1.00 bits per heavy atom. The highest BCUT2D eigenvalue weighted by Crippen LogP contribution is 2.40. The number of fused-ring (bicyclic) bond motifs is 1. The number of carbonyl (C=O) groups is 3. The number of hydrogen-bond donors (Lipinski definition) is 1. The number of hydrogen-bond acceptors (Lipinski definition) is 4. The lowest BCUT2D eigenvalue weighted by atomic mass is 9.79. The molecule has 0 bridgehead atoms. The van der Waals surface area contributed by atoms with E-state index in [1.807, 2.05) is 29.2 Å². The Morgan fingerprint density at radius 3 is 2.30 bits per heavy atom. The topological polar surface area (TPSA) is 83.7 Å². The molecule has 2 fully saturated rings. The first-order chi connectivity index (χ1) is 15.8. The molecule has 0 spiro atoms. The van der Waals surface area contributed by atoms with Crippen LogP contribution in [0.4, 0.5) is 5.69 Å². The second-order valence-corrected chi connectivity index (χ2v) is 10.3. The molecule has 6 nitrogen and oxygen atoms in total. The second kappa shape index (κ2) is 10.2. The van der Waals surface area contributed by atoms with Crippen molar-refractivity contribution >= 4 is 28.9 Å². The van der Waals surface area contributed by atoms with E-state index in [4.69, 9.17) is 5.73 Å². The SMILES string of the molecule is CC(C)C1CCC(N2CCC(N3C(=O)C(=CC(=O)CCC(N)=O)c4ccccc43)CC2)CC1. The number of nitrogens with two attached hydrogens (primary N) is 1. The summed E-state index contributed by atoms with van der Waals surface area (Å²) in [7, 11) is 0. The molecule has 2 N–H and O–H groups in total. The van der Waals surface area contributed by atoms with Crippen molar-refractivity contribution in [1.82, 2.24) is 4.90 Å². The smallest absolute Gasteiger partial charge is 0.259 e. The van der Waals surface area contributed by atoms with E-state index in [0.717, 1.165) is 49.0 Å². The number of allylic oxidation sites excluding steroid dienone is 1. The fourth-order valence-corrected chi connectivity index (χ4v) is 5.89. The molecule has 178 valence electrons. The number of benzene rings is 1. The maximum Gasteiger partial charge on any atom is 0.259 e. The van der Waals surface area contributed by atoms with E-state index in [-0.39, 0.29) is 30.6 Å². The van der Waals surface area contributed by atoms with E-state index in [1.54, 1.807) is 0 Å². The highest BCUT2D eigenvalue weighted by atomic mass is 16.2. The van der Waals surface area contributed by atoms with E-state index in [9.17, 15) is 14.4 Å². The lowest BCUT2D eigenvalue weighted by molar-refractivity contribution is -0.121. The van der Waals surface area contributed by atoms with Gasteiger partial charge in [-0.2, -0.15) is 0 Å². The Kier molecular flexibility index (Phi) is 7.32. The van der Waals surface area contributed by atoms with Gasteiger partial charge in [-0.05, 0) is 62.5 Å². The largest absolute Gasteiger partial charge is 0.370 e. The van der Waals surface area contributed by atoms with Gasteiger partial charge in [-0.15, -0.1) is 0 Å². The molecule has 1 aromatic carbocycles. The lowest BCUT2D eigenvalue weighted by Gasteiger charge is -2.43. The molecule has 0 unspecified atom stereocenters. The second-order valence-electron chi connectivity index (χ2n) is 10.3. The van der Waals surface area contributed by atoms with Crippen molar-refractivity contribution in [3.8, 4) is 0 Å². The summed E-state index contributed by atoms with van der Waals surface area (Å²) in [5.41, 5.74) is 7.31. The summed E-state index contributed by atoms with van der Waals surface area (Å²) in [4.78, 5) is 41.4. The number of rotatable bonds is 7. The number of anilines is 1. The normalized spacial score (nSPS) is 25.6. The number of likely N-dealkylation sites (tertiary alicyclic amines) is 1. The van der Waals surface area contributed by atoms with Gasteiger partial charge in [-0.3, -0.25) is 14.4 Å². The van der Waals surface area contributed by atoms with Crippen LogP contribution < -0.4 is 10.6 Å². The van der Waals surface area contributed by atoms with E-state index in [1.165, 1.54) is 31.8 Å². The average molecular weight is 452 g/mol. The third-order valence-corrected chi connectivity index (χ3v) is 7.89. The molecule has 0 atom stereocenters. The number of amides is 2. The molecule has 2 amide bonds. The Balaban J connectivity index is 1.42. The molecule has 1 aromatic rings. The van der Waals surface area contributed by atoms with Crippen molar-refractivity contribution in [2.75, 3.05) is 18.0 Å². The number of carbonyl (C=O) groups excluding carboxylic acids is 3. The summed E-state index contributed by atoms with van der Waals surface area (Å²) < 4.78 is 0. The van der Waals surface area contributed by atoms with Gasteiger partial charge in [0.25, 0.3) is 5.91 Å². The Hall–Kier alpha value is -2.47. The zero-order valence-electron chi connectivity index (χ0n) is 20.0. The van der Waals surface area contributed by atoms with Crippen LogP contribution in [0.15, 0.2) is 30.3 Å². The fourth-order valence-electron chi connectivity index (χ4n) is 5.89. The van der Waals surface area contributed by atoms with Gasteiger partial charge in [-0.25, -0.2) is 0 Å². The van der Waals surface area contributed by atoms with Crippen LogP contribution in [0.5, 0.6) is 0 Å². The molecule has 2 heterocycles. The number of primary amides is 1. The standard InChI is InChI=1S/C27H37N3O3/c1-18(2)19-7-9-20(10-8-19)29-15-13-21(14-16-29)30-25-6-4-3-5-23(25)24(27(30)33)17-22(31)11-12-26(28)32/h3-6,17-21H,7-16H2,1-2H3,(H2,28,32). The van der Waals surface area contributed by atoms with Crippen molar-refractivity contribution in [2.45, 2.75) is 77.3 Å². The van der Waals surface area contributed by atoms with E-state index >= 15 is 0 Å². The fraction of sp³-hybridized carbons (Fsp3) is 0.593. The van der Waals surface area contributed by atoms with Crippen molar-refractivity contribution in [3.63, 3.8) is 0 Å². The van der Waals surface area contributed by atoms with Crippen LogP contribution in [0.25, 0.3) is 5.57 Å². The van der Waals surface area contributed by atoms with Gasteiger partial charge in [0.05, 0.1) is 11.3 Å². The molecular formula is C27H37N3O3. The van der Waals surface area contributed by atoms with Crippen LogP contribution in [0.3, 0.4) is 0 Å². The third-order valence-electron chi connectivity index (χ3n) is 7.89. The minimum absolute atomic E-state index is 0.000291. The van der Waals surface area contributed by atoms with Crippen LogP contribution in [0.2, 0.25) is 0 Å². The van der Waals surface area contributed by atoms with E-state index in [2.05, 4.69) is 18.7 Å². The molecule has 1 saturated heterocycles. The van der Waals surface area contributed by atoms with Crippen molar-refractivity contribution in [3.05, 3.63) is 35.9 Å². The summed E-state index contributed by atoms with van der Waals surface area (Å²) in [6, 6.07) is 8.55. The minimum atomic E-state index is -0.508. The van der Waals surface area contributed by atoms with Gasteiger partial charge in [0.1, 0.15) is 0 Å². The van der Waals surface area contributed by atoms with Crippen LogP contribution >= 0.6 is 0 Å². The predicted octanol–water partition coefficient (Wildman–Crippen LogP) is 3.93. The summed E-state index contributed by atoms with van der Waals surface area (Å²) in [5, 5.41) is 0. The monoisotopic (exact) mass is 451 g/mol. The van der Waals surface area contributed by atoms with Crippen molar-refractivity contribution < 1.29 is 14.4 Å². The number of ketones is 1. The number of para-hydroxylation sites is 1. The maximum atomic E-state index is 13.4. The Morgan fingerprint density at radius 2 is 1.67 bits per heavy atom. The van der Waals surface area contributed by atoms with Gasteiger partial charge >= 0.3 is 0 Å². The van der Waals surface area contributed by atoms with Gasteiger partial charge in [-0.1, -0.05) is 32.0 Å². The van der Waals surface area contributed by atoms with Crippen LogP contribution in [0.1, 0.15) is 70.8 Å². The molecule has 33 heavy (non-hydrogen) atoms. The Labute approximate surface area is 197 Å². The van der Waals surface area contributed by atoms with Crippen LogP contribution in [0, 0.1) is 11.8 Å². The lowest BCUT2D eigenvalue weighted by Crippen LogP contribution is -2.49. The highest BCUT2D eigenvalue weighted by molar-refractivity contribution is 6.35. The predicted molar refractivity (Wildman–Crippen MR) is 131 cm³/mol. The molecule has 1 aliphatic carbocycles. The molecular weight excluding hydrogens is 414 g/mol. The zero-order chi connectivity index (χ0) is 23.5. The van der Waals surface area contributed by atoms with Crippen LogP contribution in [-0.2, 0) is 14.4 Å². The molecule has 3 aliphatic rings. The molecule has 1 saturated carbocycles. The van der Waals surface area contributed by atoms with Crippen LogP contribution in [-0.4, -0.2) is 47.7 Å².